The summed E-state index contributed by atoms with van der Waals surface area (Å²) in [7, 11) is 0. The topological polar surface area (TPSA) is 120 Å². The van der Waals surface area contributed by atoms with E-state index in [0.717, 1.165) is 11.8 Å². The fraction of sp³-hybridized carbons (Fsp3) is 0.0909. The third-order valence-corrected chi connectivity index (χ3v) is 6.31. The van der Waals surface area contributed by atoms with Crippen molar-refractivity contribution < 1.29 is 9.72 Å². The van der Waals surface area contributed by atoms with Gasteiger partial charge in [-0.2, -0.15) is 0 Å². The van der Waals surface area contributed by atoms with Crippen LogP contribution in [0.2, 0.25) is 0 Å². The second-order valence-corrected chi connectivity index (χ2v) is 8.60. The Kier molecular flexibility index (Phi) is 6.61. The maximum atomic E-state index is 12.8. The van der Waals surface area contributed by atoms with Crippen LogP contribution in [0.4, 0.5) is 10.8 Å². The highest BCUT2D eigenvalue weighted by Gasteiger charge is 2.14. The van der Waals surface area contributed by atoms with Crippen molar-refractivity contribution >= 4 is 50.7 Å². The SMILES string of the molecule is C=CCn1c(SCC(=O)Nc2nc(-c3cccc([N+](=O)[O-])c3)cs2)nc2ccccc2c1=O. The number of aromatic nitrogens is 3. The summed E-state index contributed by atoms with van der Waals surface area (Å²) in [6, 6.07) is 13.2. The number of anilines is 1. The molecule has 1 N–H and O–H groups in total. The van der Waals surface area contributed by atoms with E-state index in [1.165, 1.54) is 28.0 Å². The van der Waals surface area contributed by atoms with Gasteiger partial charge in [-0.3, -0.25) is 24.3 Å². The van der Waals surface area contributed by atoms with Crippen molar-refractivity contribution in [3.05, 3.63) is 87.0 Å². The number of non-ortho nitro benzene ring substituents is 1. The number of hydrogen-bond donors (Lipinski definition) is 1. The first kappa shape index (κ1) is 22.4. The zero-order chi connectivity index (χ0) is 23.4. The lowest BCUT2D eigenvalue weighted by Crippen LogP contribution is -2.23. The first-order valence-corrected chi connectivity index (χ1v) is 11.6. The number of hydrogen-bond acceptors (Lipinski definition) is 8. The summed E-state index contributed by atoms with van der Waals surface area (Å²) in [5.74, 6) is -0.291. The van der Waals surface area contributed by atoms with E-state index in [1.54, 1.807) is 47.9 Å². The number of allylic oxidation sites excluding steroid dienone is 1. The molecule has 0 unspecified atom stereocenters. The summed E-state index contributed by atoms with van der Waals surface area (Å²) in [6.45, 7) is 3.97. The van der Waals surface area contributed by atoms with Gasteiger partial charge in [0.15, 0.2) is 10.3 Å². The molecular formula is C22H17N5O4S2. The van der Waals surface area contributed by atoms with Gasteiger partial charge in [0.1, 0.15) is 0 Å². The molecule has 0 bridgehead atoms. The highest BCUT2D eigenvalue weighted by atomic mass is 32.2. The van der Waals surface area contributed by atoms with E-state index in [9.17, 15) is 19.7 Å². The summed E-state index contributed by atoms with van der Waals surface area (Å²) in [5.41, 5.74) is 1.46. The minimum atomic E-state index is -0.470. The van der Waals surface area contributed by atoms with E-state index in [0.29, 0.717) is 32.4 Å². The van der Waals surface area contributed by atoms with Gasteiger partial charge >= 0.3 is 0 Å². The van der Waals surface area contributed by atoms with Crippen LogP contribution in [-0.2, 0) is 11.3 Å². The number of nitro groups is 1. The highest BCUT2D eigenvalue weighted by Crippen LogP contribution is 2.27. The Bertz CT molecular complexity index is 1430. The molecule has 0 aliphatic rings. The first-order valence-electron chi connectivity index (χ1n) is 9.69. The van der Waals surface area contributed by atoms with E-state index in [4.69, 9.17) is 0 Å². The molecule has 0 radical (unpaired) electrons. The molecule has 0 atom stereocenters. The van der Waals surface area contributed by atoms with Gasteiger partial charge in [0.25, 0.3) is 11.2 Å². The molecule has 0 saturated carbocycles. The number of thioether (sulfide) groups is 1. The van der Waals surface area contributed by atoms with Crippen LogP contribution < -0.4 is 10.9 Å². The normalized spacial score (nSPS) is 10.8. The number of nitrogens with one attached hydrogen (secondary N) is 1. The minimum Gasteiger partial charge on any atom is -0.301 e. The molecule has 0 spiro atoms. The number of rotatable bonds is 8. The number of benzene rings is 2. The molecule has 4 rings (SSSR count). The maximum absolute atomic E-state index is 12.8. The molecule has 0 aliphatic heterocycles. The van der Waals surface area contributed by atoms with E-state index in [-0.39, 0.29) is 29.5 Å². The van der Waals surface area contributed by atoms with Gasteiger partial charge in [-0.1, -0.05) is 42.1 Å². The van der Waals surface area contributed by atoms with Crippen LogP contribution in [0, 0.1) is 10.1 Å². The van der Waals surface area contributed by atoms with Crippen LogP contribution >= 0.6 is 23.1 Å². The molecule has 0 fully saturated rings. The van der Waals surface area contributed by atoms with Gasteiger partial charge in [-0.05, 0) is 12.1 Å². The summed E-state index contributed by atoms with van der Waals surface area (Å²) in [5, 5.41) is 16.7. The molecule has 0 aliphatic carbocycles. The van der Waals surface area contributed by atoms with Crippen molar-refractivity contribution in [3.8, 4) is 11.3 Å². The second kappa shape index (κ2) is 9.76. The average molecular weight is 480 g/mol. The lowest BCUT2D eigenvalue weighted by molar-refractivity contribution is -0.384. The molecule has 1 amide bonds. The standard InChI is InChI=1S/C22H17N5O4S2/c1-2-10-26-20(29)16-8-3-4-9-17(16)24-22(26)33-13-19(28)25-21-23-18(12-32-21)14-6-5-7-15(11-14)27(30)31/h2-9,11-12H,1,10,13H2,(H,23,25,28). The first-order chi connectivity index (χ1) is 16.0. The zero-order valence-electron chi connectivity index (χ0n) is 17.1. The van der Waals surface area contributed by atoms with Crippen LogP contribution in [0.5, 0.6) is 0 Å². The van der Waals surface area contributed by atoms with Crippen LogP contribution in [0.1, 0.15) is 0 Å². The monoisotopic (exact) mass is 479 g/mol. The molecule has 2 aromatic heterocycles. The number of para-hydroxylation sites is 1. The quantitative estimate of drug-likeness (QED) is 0.131. The second-order valence-electron chi connectivity index (χ2n) is 6.80. The Labute approximate surface area is 196 Å². The fourth-order valence-electron chi connectivity index (χ4n) is 3.08. The molecule has 0 saturated heterocycles. The lowest BCUT2D eigenvalue weighted by Gasteiger charge is -2.11. The summed E-state index contributed by atoms with van der Waals surface area (Å²) in [4.78, 5) is 44.7. The zero-order valence-corrected chi connectivity index (χ0v) is 18.8. The Morgan fingerprint density at radius 3 is 2.85 bits per heavy atom. The number of carbonyl (C=O) groups is 1. The molecular weight excluding hydrogens is 462 g/mol. The van der Waals surface area contributed by atoms with Crippen molar-refractivity contribution in [2.75, 3.05) is 11.1 Å². The summed E-state index contributed by atoms with van der Waals surface area (Å²) < 4.78 is 1.48. The molecule has 2 heterocycles. The van der Waals surface area contributed by atoms with E-state index in [2.05, 4.69) is 21.9 Å². The molecule has 33 heavy (non-hydrogen) atoms. The van der Waals surface area contributed by atoms with E-state index in [1.807, 2.05) is 0 Å². The van der Waals surface area contributed by atoms with Crippen LogP contribution in [-0.4, -0.2) is 31.1 Å². The van der Waals surface area contributed by atoms with Gasteiger partial charge < -0.3 is 5.32 Å². The molecule has 2 aromatic carbocycles. The summed E-state index contributed by atoms with van der Waals surface area (Å²) in [6.07, 6.45) is 1.60. The number of fused-ring (bicyclic) bond motifs is 1. The Hall–Kier alpha value is -3.83. The Morgan fingerprint density at radius 2 is 2.06 bits per heavy atom. The Morgan fingerprint density at radius 1 is 1.24 bits per heavy atom. The van der Waals surface area contributed by atoms with Crippen molar-refractivity contribution in [2.45, 2.75) is 11.7 Å². The van der Waals surface area contributed by atoms with Gasteiger partial charge in [0.05, 0.1) is 27.3 Å². The van der Waals surface area contributed by atoms with Gasteiger partial charge in [-0.15, -0.1) is 17.9 Å². The molecule has 9 nitrogen and oxygen atoms in total. The average Bonchev–Trinajstić information content (AvgIpc) is 3.28. The van der Waals surface area contributed by atoms with Gasteiger partial charge in [0.2, 0.25) is 5.91 Å². The smallest absolute Gasteiger partial charge is 0.270 e. The predicted octanol–water partition coefficient (Wildman–Crippen LogP) is 4.35. The largest absolute Gasteiger partial charge is 0.301 e. The van der Waals surface area contributed by atoms with Crippen molar-refractivity contribution in [1.82, 2.24) is 14.5 Å². The highest BCUT2D eigenvalue weighted by molar-refractivity contribution is 7.99. The predicted molar refractivity (Wildman–Crippen MR) is 130 cm³/mol. The van der Waals surface area contributed by atoms with Crippen LogP contribution in [0.15, 0.2) is 76.5 Å². The number of nitro benzene ring substituents is 1. The van der Waals surface area contributed by atoms with Crippen LogP contribution in [0.25, 0.3) is 22.2 Å². The number of thiazole rings is 1. The van der Waals surface area contributed by atoms with Gasteiger partial charge in [0, 0.05) is 29.6 Å². The fourth-order valence-corrected chi connectivity index (χ4v) is 4.62. The Balaban J connectivity index is 1.47. The molecule has 11 heteroatoms. The van der Waals surface area contributed by atoms with Crippen molar-refractivity contribution in [3.63, 3.8) is 0 Å². The number of carbonyl (C=O) groups excluding carboxylic acids is 1. The maximum Gasteiger partial charge on any atom is 0.270 e. The van der Waals surface area contributed by atoms with Crippen LogP contribution in [0.3, 0.4) is 0 Å². The number of nitrogens with zero attached hydrogens (tertiary/aromatic N) is 4. The van der Waals surface area contributed by atoms with Crippen molar-refractivity contribution in [2.24, 2.45) is 0 Å². The number of amides is 1. The van der Waals surface area contributed by atoms with E-state index < -0.39 is 4.92 Å². The van der Waals surface area contributed by atoms with Gasteiger partial charge in [-0.25, -0.2) is 9.97 Å². The third-order valence-electron chi connectivity index (χ3n) is 4.57. The molecule has 166 valence electrons. The summed E-state index contributed by atoms with van der Waals surface area (Å²) >= 11 is 2.36. The van der Waals surface area contributed by atoms with Crippen molar-refractivity contribution in [1.29, 1.82) is 0 Å². The van der Waals surface area contributed by atoms with E-state index >= 15 is 0 Å². The molecule has 4 aromatic rings. The minimum absolute atomic E-state index is 0.0215. The third kappa shape index (κ3) is 4.99. The lowest BCUT2D eigenvalue weighted by atomic mass is 10.1.